The van der Waals surface area contributed by atoms with Crippen molar-refractivity contribution in [1.82, 2.24) is 5.32 Å². The van der Waals surface area contributed by atoms with Crippen LogP contribution in [0, 0.1) is 0 Å². The van der Waals surface area contributed by atoms with E-state index < -0.39 is 36.3 Å². The molecule has 1 atom stereocenters. The molecule has 0 saturated carbocycles. The average molecular weight is 551 g/mol. The number of rotatable bonds is 10. The molecule has 0 saturated heterocycles. The fourth-order valence-electron chi connectivity index (χ4n) is 4.36. The minimum absolute atomic E-state index is 0.0214. The van der Waals surface area contributed by atoms with Gasteiger partial charge in [0.25, 0.3) is 17.7 Å². The number of amides is 3. The van der Waals surface area contributed by atoms with Gasteiger partial charge < -0.3 is 19.9 Å². The second kappa shape index (κ2) is 12.3. The van der Waals surface area contributed by atoms with E-state index in [1.54, 1.807) is 48.5 Å². The van der Waals surface area contributed by atoms with Crippen LogP contribution in [0.15, 0.2) is 103 Å². The van der Waals surface area contributed by atoms with Crippen molar-refractivity contribution < 1.29 is 33.8 Å². The Hall–Kier alpha value is -5.28. The second-order valence-corrected chi connectivity index (χ2v) is 9.25. The second-order valence-electron chi connectivity index (χ2n) is 9.25. The maximum Gasteiger partial charge on any atom is 0.331 e. The number of hydrogen-bond donors (Lipinski definition) is 2. The van der Waals surface area contributed by atoms with E-state index in [2.05, 4.69) is 5.32 Å². The molecule has 9 heteroatoms. The molecule has 0 bridgehead atoms. The van der Waals surface area contributed by atoms with Gasteiger partial charge in [0.1, 0.15) is 19.0 Å². The van der Waals surface area contributed by atoms with E-state index in [0.29, 0.717) is 0 Å². The van der Waals surface area contributed by atoms with Crippen LogP contribution < -0.4 is 15.0 Å². The van der Waals surface area contributed by atoms with Crippen LogP contribution in [0.1, 0.15) is 42.2 Å². The van der Waals surface area contributed by atoms with E-state index in [0.717, 1.165) is 16.0 Å². The molecule has 5 rings (SSSR count). The zero-order chi connectivity index (χ0) is 28.8. The number of fused-ring (bicyclic) bond motifs is 1. The molecule has 41 heavy (non-hydrogen) atoms. The molecule has 0 radical (unpaired) electrons. The first-order valence-corrected chi connectivity index (χ1v) is 12.9. The van der Waals surface area contributed by atoms with Gasteiger partial charge in [-0.1, -0.05) is 72.8 Å². The minimum atomic E-state index is -1.33. The number of anilines is 1. The average Bonchev–Trinajstić information content (AvgIpc) is 3.27. The molecule has 0 aromatic heterocycles. The molecule has 0 spiro atoms. The highest BCUT2D eigenvalue weighted by molar-refractivity contribution is 6.34. The number of nitrogens with zero attached hydrogens (tertiary/aromatic N) is 1. The van der Waals surface area contributed by atoms with Crippen LogP contribution in [0.5, 0.6) is 5.75 Å². The van der Waals surface area contributed by atoms with Gasteiger partial charge in [-0.15, -0.1) is 0 Å². The zero-order valence-electron chi connectivity index (χ0n) is 21.9. The summed E-state index contributed by atoms with van der Waals surface area (Å²) in [5.74, 6) is -2.41. The molecule has 3 amide bonds. The van der Waals surface area contributed by atoms with Crippen LogP contribution in [-0.2, 0) is 22.7 Å². The Labute approximate surface area is 235 Å². The van der Waals surface area contributed by atoms with Crippen LogP contribution >= 0.6 is 0 Å². The Morgan fingerprint density at radius 2 is 1.32 bits per heavy atom. The van der Waals surface area contributed by atoms with Gasteiger partial charge in [-0.25, -0.2) is 9.69 Å². The SMILES string of the molecule is O=C(N[C@@H](CO)C(=O)OCc1ccccc1)c1ccc(N2C(=O)c3ccccc3C2=O)cc1OCc1ccccc1. The minimum Gasteiger partial charge on any atom is -0.488 e. The molecule has 9 nitrogen and oxygen atoms in total. The summed E-state index contributed by atoms with van der Waals surface area (Å²) in [6.45, 7) is -0.617. The van der Waals surface area contributed by atoms with Crippen molar-refractivity contribution in [3.63, 3.8) is 0 Å². The van der Waals surface area contributed by atoms with Crippen molar-refractivity contribution in [2.24, 2.45) is 0 Å². The molecule has 1 aliphatic heterocycles. The normalized spacial score (nSPS) is 13.0. The highest BCUT2D eigenvalue weighted by atomic mass is 16.5. The quantitative estimate of drug-likeness (QED) is 0.227. The van der Waals surface area contributed by atoms with Gasteiger partial charge in [0.2, 0.25) is 0 Å². The molecule has 206 valence electrons. The molecule has 1 aliphatic rings. The third-order valence-corrected chi connectivity index (χ3v) is 6.50. The van der Waals surface area contributed by atoms with Crippen molar-refractivity contribution >= 4 is 29.4 Å². The first-order valence-electron chi connectivity index (χ1n) is 12.9. The van der Waals surface area contributed by atoms with Crippen molar-refractivity contribution in [3.8, 4) is 5.75 Å². The number of benzene rings is 4. The predicted octanol–water partition coefficient (Wildman–Crippen LogP) is 3.90. The summed E-state index contributed by atoms with van der Waals surface area (Å²) in [6.07, 6.45) is 0. The summed E-state index contributed by atoms with van der Waals surface area (Å²) in [5.41, 5.74) is 2.40. The van der Waals surface area contributed by atoms with Crippen LogP contribution in [-0.4, -0.2) is 41.4 Å². The largest absolute Gasteiger partial charge is 0.488 e. The van der Waals surface area contributed by atoms with Gasteiger partial charge in [0.05, 0.1) is 29.0 Å². The van der Waals surface area contributed by atoms with Crippen molar-refractivity contribution in [2.45, 2.75) is 19.3 Å². The third kappa shape index (κ3) is 6.00. The van der Waals surface area contributed by atoms with Gasteiger partial charge in [-0.2, -0.15) is 0 Å². The molecule has 0 unspecified atom stereocenters. The first kappa shape index (κ1) is 27.3. The topological polar surface area (TPSA) is 122 Å². The fraction of sp³-hybridized carbons (Fsp3) is 0.125. The molecule has 1 heterocycles. The van der Waals surface area contributed by atoms with E-state index in [9.17, 15) is 24.3 Å². The van der Waals surface area contributed by atoms with Gasteiger partial charge >= 0.3 is 5.97 Å². The summed E-state index contributed by atoms with van der Waals surface area (Å²) in [7, 11) is 0. The Morgan fingerprint density at radius 1 is 0.756 bits per heavy atom. The summed E-state index contributed by atoms with van der Waals surface area (Å²) in [5, 5.41) is 12.3. The lowest BCUT2D eigenvalue weighted by molar-refractivity contribution is -0.148. The summed E-state index contributed by atoms with van der Waals surface area (Å²) >= 11 is 0. The Bertz CT molecular complexity index is 1550. The zero-order valence-corrected chi connectivity index (χ0v) is 21.9. The van der Waals surface area contributed by atoms with Crippen LogP contribution in [0.4, 0.5) is 5.69 Å². The summed E-state index contributed by atoms with van der Waals surface area (Å²) in [6, 6.07) is 27.7. The van der Waals surface area contributed by atoms with Crippen molar-refractivity contribution in [2.75, 3.05) is 11.5 Å². The third-order valence-electron chi connectivity index (χ3n) is 6.50. The lowest BCUT2D eigenvalue weighted by Crippen LogP contribution is -2.44. The molecule has 0 fully saturated rings. The number of imide groups is 1. The molecule has 4 aromatic carbocycles. The number of carbonyl (C=O) groups is 4. The van der Waals surface area contributed by atoms with Gasteiger partial charge in [-0.05, 0) is 35.4 Å². The highest BCUT2D eigenvalue weighted by Gasteiger charge is 2.37. The van der Waals surface area contributed by atoms with Crippen LogP contribution in [0.25, 0.3) is 0 Å². The van der Waals surface area contributed by atoms with Gasteiger partial charge in [0.15, 0.2) is 6.04 Å². The van der Waals surface area contributed by atoms with E-state index >= 15 is 0 Å². The Balaban J connectivity index is 1.38. The maximum atomic E-state index is 13.3. The number of ether oxygens (including phenoxy) is 2. The van der Waals surface area contributed by atoms with E-state index in [1.807, 2.05) is 36.4 Å². The lowest BCUT2D eigenvalue weighted by atomic mass is 10.1. The van der Waals surface area contributed by atoms with Crippen LogP contribution in [0.2, 0.25) is 0 Å². The number of aliphatic hydroxyl groups is 1. The van der Waals surface area contributed by atoms with E-state index in [-0.39, 0.29) is 41.3 Å². The monoisotopic (exact) mass is 550 g/mol. The number of hydrogen-bond acceptors (Lipinski definition) is 7. The van der Waals surface area contributed by atoms with Crippen molar-refractivity contribution in [1.29, 1.82) is 0 Å². The predicted molar refractivity (Wildman–Crippen MR) is 149 cm³/mol. The van der Waals surface area contributed by atoms with E-state index in [4.69, 9.17) is 9.47 Å². The van der Waals surface area contributed by atoms with E-state index in [1.165, 1.54) is 18.2 Å². The summed E-state index contributed by atoms with van der Waals surface area (Å²) in [4.78, 5) is 53.0. The molecular formula is C32H26N2O7. The molecule has 4 aromatic rings. The summed E-state index contributed by atoms with van der Waals surface area (Å²) < 4.78 is 11.3. The van der Waals surface area contributed by atoms with Gasteiger partial charge in [0, 0.05) is 6.07 Å². The van der Waals surface area contributed by atoms with Crippen LogP contribution in [0.3, 0.4) is 0 Å². The standard InChI is InChI=1S/C32H26N2O7/c35-18-27(32(39)41-20-22-11-5-2-6-12-22)33-29(36)26-16-15-23(17-28(26)40-19-21-9-3-1-4-10-21)34-30(37)24-13-7-8-14-25(24)31(34)38/h1-17,27,35H,18-20H2,(H,33,36)/t27-/m0/s1. The molecule has 2 N–H and O–H groups in total. The number of esters is 1. The number of nitrogens with one attached hydrogen (secondary N) is 1. The van der Waals surface area contributed by atoms with Gasteiger partial charge in [-0.3, -0.25) is 14.4 Å². The lowest BCUT2D eigenvalue weighted by Gasteiger charge is -2.19. The smallest absolute Gasteiger partial charge is 0.331 e. The Kier molecular flexibility index (Phi) is 8.17. The Morgan fingerprint density at radius 3 is 1.90 bits per heavy atom. The molecule has 0 aliphatic carbocycles. The highest BCUT2D eigenvalue weighted by Crippen LogP contribution is 2.32. The first-order chi connectivity index (χ1) is 20.0. The number of carbonyl (C=O) groups excluding carboxylic acids is 4. The number of aliphatic hydroxyl groups excluding tert-OH is 1. The van der Waals surface area contributed by atoms with Crippen molar-refractivity contribution in [3.05, 3.63) is 131 Å². The maximum absolute atomic E-state index is 13.3. The molecular weight excluding hydrogens is 524 g/mol. The fourth-order valence-corrected chi connectivity index (χ4v) is 4.36.